The van der Waals surface area contributed by atoms with Crippen molar-refractivity contribution in [3.8, 4) is 0 Å². The van der Waals surface area contributed by atoms with Gasteiger partial charge in [-0.3, -0.25) is 10.1 Å². The van der Waals surface area contributed by atoms with E-state index in [9.17, 15) is 4.79 Å². The maximum atomic E-state index is 11.9. The molecule has 0 radical (unpaired) electrons. The third-order valence-corrected chi connectivity index (χ3v) is 3.23. The monoisotopic (exact) mass is 262 g/mol. The Bertz CT molecular complexity index is 415. The molecule has 19 heavy (non-hydrogen) atoms. The molecule has 0 spiro atoms. The van der Waals surface area contributed by atoms with E-state index in [-0.39, 0.29) is 18.0 Å². The second-order valence-electron chi connectivity index (χ2n) is 5.61. The molecule has 2 atom stereocenters. The molecule has 3 nitrogen and oxygen atoms in total. The molecule has 1 aromatic rings. The van der Waals surface area contributed by atoms with Gasteiger partial charge in [0.15, 0.2) is 0 Å². The molecule has 0 aliphatic rings. The third kappa shape index (κ3) is 5.03. The van der Waals surface area contributed by atoms with E-state index in [1.165, 1.54) is 11.1 Å². The zero-order valence-electron chi connectivity index (χ0n) is 12.7. The van der Waals surface area contributed by atoms with Crippen LogP contribution in [-0.2, 0) is 4.79 Å². The van der Waals surface area contributed by atoms with Crippen LogP contribution in [0.2, 0.25) is 0 Å². The number of hydrogen-bond acceptors (Lipinski definition) is 2. The molecule has 0 bridgehead atoms. The van der Waals surface area contributed by atoms with Gasteiger partial charge in [0.05, 0.1) is 6.04 Å². The average Bonchev–Trinajstić information content (AvgIpc) is 2.36. The summed E-state index contributed by atoms with van der Waals surface area (Å²) in [5.41, 5.74) is 2.49. The summed E-state index contributed by atoms with van der Waals surface area (Å²) in [6, 6.07) is 8.24. The summed E-state index contributed by atoms with van der Waals surface area (Å²) in [5, 5.41) is 6.30. The molecule has 0 heterocycles. The average molecular weight is 262 g/mol. The number of aryl methyl sites for hydroxylation is 1. The second-order valence-corrected chi connectivity index (χ2v) is 5.61. The van der Waals surface area contributed by atoms with E-state index >= 15 is 0 Å². The Morgan fingerprint density at radius 1 is 1.16 bits per heavy atom. The van der Waals surface area contributed by atoms with Gasteiger partial charge in [0.25, 0.3) is 0 Å². The number of nitrogens with one attached hydrogen (secondary N) is 2. The van der Waals surface area contributed by atoms with Gasteiger partial charge in [-0.25, -0.2) is 0 Å². The molecule has 3 heteroatoms. The van der Waals surface area contributed by atoms with Crippen molar-refractivity contribution in [1.82, 2.24) is 10.6 Å². The van der Waals surface area contributed by atoms with Gasteiger partial charge in [-0.2, -0.15) is 0 Å². The summed E-state index contributed by atoms with van der Waals surface area (Å²) in [4.78, 5) is 11.9. The van der Waals surface area contributed by atoms with Crippen LogP contribution in [0.15, 0.2) is 24.3 Å². The minimum Gasteiger partial charge on any atom is -0.354 e. The van der Waals surface area contributed by atoms with Crippen LogP contribution in [0.4, 0.5) is 0 Å². The van der Waals surface area contributed by atoms with Crippen LogP contribution in [0.25, 0.3) is 0 Å². The van der Waals surface area contributed by atoms with Crippen LogP contribution < -0.4 is 10.6 Å². The first-order valence-corrected chi connectivity index (χ1v) is 7.01. The summed E-state index contributed by atoms with van der Waals surface area (Å²) < 4.78 is 0. The molecular formula is C16H26N2O. The Labute approximate surface area is 116 Å². The van der Waals surface area contributed by atoms with Crippen molar-refractivity contribution in [2.45, 2.75) is 46.7 Å². The van der Waals surface area contributed by atoms with E-state index in [0.717, 1.165) is 6.54 Å². The van der Waals surface area contributed by atoms with Gasteiger partial charge in [0, 0.05) is 12.6 Å². The zero-order chi connectivity index (χ0) is 14.4. The molecule has 0 saturated heterocycles. The Kier molecular flexibility index (Phi) is 6.03. The van der Waals surface area contributed by atoms with Gasteiger partial charge < -0.3 is 5.32 Å². The lowest BCUT2D eigenvalue weighted by atomic mass is 10.0. The van der Waals surface area contributed by atoms with Crippen molar-refractivity contribution in [3.05, 3.63) is 35.4 Å². The van der Waals surface area contributed by atoms with Crippen molar-refractivity contribution in [2.75, 3.05) is 6.54 Å². The van der Waals surface area contributed by atoms with Crippen molar-refractivity contribution >= 4 is 5.91 Å². The number of hydrogen-bond donors (Lipinski definition) is 2. The van der Waals surface area contributed by atoms with Crippen molar-refractivity contribution in [2.24, 2.45) is 5.92 Å². The highest BCUT2D eigenvalue weighted by molar-refractivity contribution is 5.81. The number of benzene rings is 1. The van der Waals surface area contributed by atoms with Gasteiger partial charge >= 0.3 is 0 Å². The summed E-state index contributed by atoms with van der Waals surface area (Å²) in [7, 11) is 0. The van der Waals surface area contributed by atoms with Crippen LogP contribution in [0.1, 0.15) is 44.9 Å². The van der Waals surface area contributed by atoms with E-state index in [2.05, 4.69) is 50.5 Å². The van der Waals surface area contributed by atoms with Gasteiger partial charge in [-0.05, 0) is 37.8 Å². The number of rotatable bonds is 6. The largest absolute Gasteiger partial charge is 0.354 e. The fourth-order valence-corrected chi connectivity index (χ4v) is 2.07. The van der Waals surface area contributed by atoms with Crippen molar-refractivity contribution in [1.29, 1.82) is 0 Å². The van der Waals surface area contributed by atoms with Crippen LogP contribution >= 0.6 is 0 Å². The van der Waals surface area contributed by atoms with Crippen LogP contribution in [0.3, 0.4) is 0 Å². The van der Waals surface area contributed by atoms with Gasteiger partial charge in [0.1, 0.15) is 0 Å². The maximum Gasteiger partial charge on any atom is 0.236 e. The SMILES string of the molecule is Cc1ccccc1[C@H](C)NC(C)C(=O)NCC(C)C. The Hall–Kier alpha value is -1.35. The zero-order valence-corrected chi connectivity index (χ0v) is 12.7. The van der Waals surface area contributed by atoms with Crippen LogP contribution in [-0.4, -0.2) is 18.5 Å². The first-order chi connectivity index (χ1) is 8.91. The topological polar surface area (TPSA) is 41.1 Å². The summed E-state index contributed by atoms with van der Waals surface area (Å²) in [6.45, 7) is 11.0. The minimum absolute atomic E-state index is 0.0640. The molecule has 0 aliphatic heterocycles. The summed E-state index contributed by atoms with van der Waals surface area (Å²) >= 11 is 0. The molecule has 0 saturated carbocycles. The van der Waals surface area contributed by atoms with E-state index in [0.29, 0.717) is 5.92 Å². The van der Waals surface area contributed by atoms with Gasteiger partial charge in [-0.1, -0.05) is 38.1 Å². The quantitative estimate of drug-likeness (QED) is 0.827. The lowest BCUT2D eigenvalue weighted by molar-refractivity contribution is -0.123. The molecule has 1 unspecified atom stereocenters. The van der Waals surface area contributed by atoms with E-state index < -0.39 is 0 Å². The molecular weight excluding hydrogens is 236 g/mol. The maximum absolute atomic E-state index is 11.9. The standard InChI is InChI=1S/C16H26N2O/c1-11(2)10-17-16(19)14(5)18-13(4)15-9-7-6-8-12(15)3/h6-9,11,13-14,18H,10H2,1-5H3,(H,17,19)/t13-,14?/m0/s1. The lowest BCUT2D eigenvalue weighted by Crippen LogP contribution is -2.44. The molecule has 0 fully saturated rings. The lowest BCUT2D eigenvalue weighted by Gasteiger charge is -2.21. The van der Waals surface area contributed by atoms with Gasteiger partial charge in [0.2, 0.25) is 5.91 Å². The smallest absolute Gasteiger partial charge is 0.236 e. The number of amides is 1. The van der Waals surface area contributed by atoms with E-state index in [1.54, 1.807) is 0 Å². The molecule has 1 amide bonds. The number of carbonyl (C=O) groups is 1. The normalized spacial score (nSPS) is 14.2. The molecule has 0 aliphatic carbocycles. The van der Waals surface area contributed by atoms with Crippen molar-refractivity contribution < 1.29 is 4.79 Å². The summed E-state index contributed by atoms with van der Waals surface area (Å²) in [5.74, 6) is 0.541. The van der Waals surface area contributed by atoms with E-state index in [1.807, 2.05) is 19.1 Å². The molecule has 1 rings (SSSR count). The molecule has 1 aromatic carbocycles. The molecule has 0 aromatic heterocycles. The third-order valence-electron chi connectivity index (χ3n) is 3.23. The first-order valence-electron chi connectivity index (χ1n) is 7.01. The predicted molar refractivity (Wildman–Crippen MR) is 80.0 cm³/mol. The predicted octanol–water partition coefficient (Wildman–Crippen LogP) is 2.81. The first kappa shape index (κ1) is 15.7. The molecule has 2 N–H and O–H groups in total. The second kappa shape index (κ2) is 7.29. The Balaban J connectivity index is 2.54. The Morgan fingerprint density at radius 3 is 2.37 bits per heavy atom. The highest BCUT2D eigenvalue weighted by atomic mass is 16.2. The van der Waals surface area contributed by atoms with Gasteiger partial charge in [-0.15, -0.1) is 0 Å². The number of carbonyl (C=O) groups excluding carboxylic acids is 1. The highest BCUT2D eigenvalue weighted by Crippen LogP contribution is 2.17. The minimum atomic E-state index is -0.187. The highest BCUT2D eigenvalue weighted by Gasteiger charge is 2.16. The fraction of sp³-hybridized carbons (Fsp3) is 0.562. The molecule has 106 valence electrons. The fourth-order valence-electron chi connectivity index (χ4n) is 2.07. The van der Waals surface area contributed by atoms with Crippen LogP contribution in [0, 0.1) is 12.8 Å². The van der Waals surface area contributed by atoms with E-state index in [4.69, 9.17) is 0 Å². The van der Waals surface area contributed by atoms with Crippen molar-refractivity contribution in [3.63, 3.8) is 0 Å². The van der Waals surface area contributed by atoms with Crippen LogP contribution in [0.5, 0.6) is 0 Å². The summed E-state index contributed by atoms with van der Waals surface area (Å²) in [6.07, 6.45) is 0. The Morgan fingerprint density at radius 2 is 1.79 bits per heavy atom.